The molecule has 0 fully saturated rings. The summed E-state index contributed by atoms with van der Waals surface area (Å²) in [5, 5.41) is 21.0. The molecule has 2 atom stereocenters. The molecule has 0 saturated heterocycles. The molecule has 6 nitrogen and oxygen atoms in total. The summed E-state index contributed by atoms with van der Waals surface area (Å²) in [6.45, 7) is 10.3. The number of carbonyl (C=O) groups is 2. The second-order valence-corrected chi connectivity index (χ2v) is 10.1. The molecule has 0 heterocycles. The van der Waals surface area contributed by atoms with Crippen LogP contribution in [0.3, 0.4) is 0 Å². The maximum atomic E-state index is 11.6. The monoisotopic (exact) mass is 459 g/mol. The van der Waals surface area contributed by atoms with Gasteiger partial charge in [-0.2, -0.15) is 0 Å². The van der Waals surface area contributed by atoms with Crippen molar-refractivity contribution in [1.82, 2.24) is 5.32 Å². The first-order valence-corrected chi connectivity index (χ1v) is 11.6. The third kappa shape index (κ3) is 7.57. The van der Waals surface area contributed by atoms with Gasteiger partial charge in [0, 0.05) is 10.9 Å². The van der Waals surface area contributed by atoms with E-state index in [9.17, 15) is 9.59 Å². The zero-order chi connectivity index (χ0) is 23.9. The second kappa shape index (κ2) is 11.4. The van der Waals surface area contributed by atoms with Crippen LogP contribution in [0.15, 0.2) is 47.4 Å². The fourth-order valence-corrected chi connectivity index (χ4v) is 4.31. The molecule has 1 aliphatic rings. The number of carboxylic acids is 1. The Morgan fingerprint density at radius 2 is 1.78 bits per heavy atom. The van der Waals surface area contributed by atoms with E-state index in [1.807, 2.05) is 13.8 Å². The van der Waals surface area contributed by atoms with Gasteiger partial charge in [-0.25, -0.2) is 4.79 Å². The average molecular weight is 460 g/mol. The molecule has 3 N–H and O–H groups in total. The van der Waals surface area contributed by atoms with E-state index in [2.05, 4.69) is 30.4 Å². The molecule has 0 aliphatic heterocycles. The first-order valence-electron chi connectivity index (χ1n) is 10.8. The van der Waals surface area contributed by atoms with Crippen LogP contribution in [-0.2, 0) is 22.4 Å². The highest BCUT2D eigenvalue weighted by Crippen LogP contribution is 2.35. The minimum atomic E-state index is -1.02. The van der Waals surface area contributed by atoms with Crippen molar-refractivity contribution in [2.75, 3.05) is 6.54 Å². The molecular formula is C25H33NO5S. The normalized spacial score (nSPS) is 15.8. The summed E-state index contributed by atoms with van der Waals surface area (Å²) >= 11 is 1.66. The van der Waals surface area contributed by atoms with E-state index < -0.39 is 12.1 Å². The molecule has 1 aliphatic carbocycles. The van der Waals surface area contributed by atoms with Crippen LogP contribution in [0, 0.1) is 0 Å². The molecule has 174 valence electrons. The van der Waals surface area contributed by atoms with Gasteiger partial charge in [-0.15, -0.1) is 11.8 Å². The van der Waals surface area contributed by atoms with Crippen LogP contribution >= 0.6 is 11.8 Å². The molecule has 0 unspecified atom stereocenters. The Hall–Kier alpha value is -2.51. The number of aromatic hydroxyl groups is 1. The number of ketones is 1. The van der Waals surface area contributed by atoms with Crippen LogP contribution in [0.2, 0.25) is 0 Å². The number of rotatable bonds is 8. The largest absolute Gasteiger partial charge is 0.508 e. The fourth-order valence-electron chi connectivity index (χ4n) is 3.24. The summed E-state index contributed by atoms with van der Waals surface area (Å²) in [5.74, 6) is -0.250. The van der Waals surface area contributed by atoms with Gasteiger partial charge in [0.2, 0.25) is 0 Å². The van der Waals surface area contributed by atoms with Gasteiger partial charge in [0.05, 0.1) is 4.75 Å². The predicted octanol–water partition coefficient (Wildman–Crippen LogP) is 4.47. The van der Waals surface area contributed by atoms with E-state index in [4.69, 9.17) is 14.9 Å². The second-order valence-electron chi connectivity index (χ2n) is 8.35. The predicted molar refractivity (Wildman–Crippen MR) is 128 cm³/mol. The summed E-state index contributed by atoms with van der Waals surface area (Å²) in [5.41, 5.74) is 2.89. The van der Waals surface area contributed by atoms with E-state index in [1.165, 1.54) is 47.2 Å². The highest BCUT2D eigenvalue weighted by atomic mass is 32.2. The van der Waals surface area contributed by atoms with Crippen molar-refractivity contribution in [3.63, 3.8) is 0 Å². The molecule has 0 saturated carbocycles. The van der Waals surface area contributed by atoms with Crippen molar-refractivity contribution in [1.29, 1.82) is 0 Å². The summed E-state index contributed by atoms with van der Waals surface area (Å²) in [6, 6.07) is 13.1. The molecule has 0 amide bonds. The number of likely N-dealkylation sites (N-methyl/N-ethyl adjacent to an activating group) is 1. The van der Waals surface area contributed by atoms with Gasteiger partial charge in [0.25, 0.3) is 0 Å². The Morgan fingerprint density at radius 3 is 2.34 bits per heavy atom. The van der Waals surface area contributed by atoms with E-state index in [0.717, 1.165) is 19.4 Å². The third-order valence-corrected chi connectivity index (χ3v) is 6.61. The number of nitrogens with one attached hydrogen (secondary N) is 1. The van der Waals surface area contributed by atoms with Crippen LogP contribution in [-0.4, -0.2) is 45.4 Å². The zero-order valence-corrected chi connectivity index (χ0v) is 20.2. The number of aliphatic carboxylic acids is 1. The molecule has 3 rings (SSSR count). The Labute approximate surface area is 194 Å². The number of thioether (sulfide) groups is 1. The number of hydrogen-bond acceptors (Lipinski definition) is 6. The average Bonchev–Trinajstić information content (AvgIpc) is 3.11. The summed E-state index contributed by atoms with van der Waals surface area (Å²) < 4.78 is 4.68. The number of Topliss-reactive ketones (excluding diaryl/α,β-unsaturated/α-hetero) is 1. The van der Waals surface area contributed by atoms with Crippen molar-refractivity contribution in [2.24, 2.45) is 0 Å². The SMILES string of the molecule is CCN[C@H]1Cc2ccc(SC(C)(C)C(C)=O)cc2C1.C[C@@H](Oc1ccc(O)cc1)C(=O)O. The fraction of sp³-hybridized carbons (Fsp3) is 0.440. The number of hydrogen-bond donors (Lipinski definition) is 3. The Balaban J connectivity index is 0.000000244. The Bertz CT molecular complexity index is 926. The van der Waals surface area contributed by atoms with Crippen molar-refractivity contribution in [2.45, 2.75) is 69.2 Å². The van der Waals surface area contributed by atoms with E-state index in [-0.39, 0.29) is 16.3 Å². The highest BCUT2D eigenvalue weighted by molar-refractivity contribution is 8.01. The van der Waals surface area contributed by atoms with Gasteiger partial charge in [0.1, 0.15) is 17.3 Å². The van der Waals surface area contributed by atoms with Gasteiger partial charge in [-0.3, -0.25) is 4.79 Å². The molecule has 0 bridgehead atoms. The smallest absolute Gasteiger partial charge is 0.344 e. The van der Waals surface area contributed by atoms with Gasteiger partial charge >= 0.3 is 5.97 Å². The number of carboxylic acid groups (broad SMARTS) is 1. The lowest BCUT2D eigenvalue weighted by Gasteiger charge is -2.20. The van der Waals surface area contributed by atoms with Gasteiger partial charge in [0.15, 0.2) is 6.10 Å². The number of phenols is 1. The molecule has 0 radical (unpaired) electrons. The molecule has 0 spiro atoms. The quantitative estimate of drug-likeness (QED) is 0.501. The molecule has 2 aromatic carbocycles. The van der Waals surface area contributed by atoms with Crippen LogP contribution in [0.1, 0.15) is 45.7 Å². The summed E-state index contributed by atoms with van der Waals surface area (Å²) in [7, 11) is 0. The molecular weight excluding hydrogens is 426 g/mol. The van der Waals surface area contributed by atoms with Crippen molar-refractivity contribution < 1.29 is 24.5 Å². The van der Waals surface area contributed by atoms with Gasteiger partial charge in [-0.05, 0) is 94.6 Å². The van der Waals surface area contributed by atoms with Crippen LogP contribution < -0.4 is 10.1 Å². The lowest BCUT2D eigenvalue weighted by molar-refractivity contribution is -0.144. The van der Waals surface area contributed by atoms with Gasteiger partial charge < -0.3 is 20.3 Å². The number of benzene rings is 2. The van der Waals surface area contributed by atoms with Crippen molar-refractivity contribution in [3.05, 3.63) is 53.6 Å². The first kappa shape index (κ1) is 25.7. The minimum Gasteiger partial charge on any atom is -0.508 e. The van der Waals surface area contributed by atoms with Gasteiger partial charge in [-0.1, -0.05) is 13.0 Å². The standard InChI is InChI=1S/C16H23NOS.C9H10O4/c1-5-17-14-8-12-6-7-15(10-13(12)9-14)19-16(3,4)11(2)18;1-6(9(11)12)13-8-4-2-7(10)3-5-8/h6-7,10,14,17H,5,8-9H2,1-4H3;2-6,10H,1H3,(H,11,12)/t14-;6-/m01/s1. The lowest BCUT2D eigenvalue weighted by atomic mass is 10.1. The van der Waals surface area contributed by atoms with Crippen LogP contribution in [0.25, 0.3) is 0 Å². The van der Waals surface area contributed by atoms with Crippen LogP contribution in [0.4, 0.5) is 0 Å². The van der Waals surface area contributed by atoms with Crippen molar-refractivity contribution in [3.8, 4) is 11.5 Å². The Kier molecular flexibility index (Phi) is 9.16. The maximum absolute atomic E-state index is 11.6. The number of ether oxygens (including phenoxy) is 1. The molecule has 32 heavy (non-hydrogen) atoms. The zero-order valence-electron chi connectivity index (χ0n) is 19.3. The van der Waals surface area contributed by atoms with E-state index >= 15 is 0 Å². The first-order chi connectivity index (χ1) is 15.0. The summed E-state index contributed by atoms with van der Waals surface area (Å²) in [4.78, 5) is 23.2. The molecule has 7 heteroatoms. The molecule has 0 aromatic heterocycles. The topological polar surface area (TPSA) is 95.9 Å². The van der Waals surface area contributed by atoms with E-state index in [1.54, 1.807) is 18.7 Å². The minimum absolute atomic E-state index is 0.121. The Morgan fingerprint density at radius 1 is 1.16 bits per heavy atom. The highest BCUT2D eigenvalue weighted by Gasteiger charge is 2.26. The van der Waals surface area contributed by atoms with Crippen LogP contribution in [0.5, 0.6) is 11.5 Å². The number of phenolic OH excluding ortho intramolecular Hbond substituents is 1. The van der Waals surface area contributed by atoms with E-state index in [0.29, 0.717) is 11.8 Å². The summed E-state index contributed by atoms with van der Waals surface area (Å²) in [6.07, 6.45) is 1.35. The number of fused-ring (bicyclic) bond motifs is 1. The molecule has 2 aromatic rings. The maximum Gasteiger partial charge on any atom is 0.344 e. The number of carbonyl (C=O) groups excluding carboxylic acids is 1. The lowest BCUT2D eigenvalue weighted by Crippen LogP contribution is -2.28. The van der Waals surface area contributed by atoms with Crippen molar-refractivity contribution >= 4 is 23.5 Å². The third-order valence-electron chi connectivity index (χ3n) is 5.32.